The minimum Gasteiger partial charge on any atom is -0.497 e. The molecule has 0 spiro atoms. The number of hydrogen-bond acceptors (Lipinski definition) is 5. The molecule has 22 heavy (non-hydrogen) atoms. The van der Waals surface area contributed by atoms with Crippen LogP contribution >= 0.6 is 11.3 Å². The van der Waals surface area contributed by atoms with Crippen molar-refractivity contribution in [3.05, 3.63) is 40.7 Å². The van der Waals surface area contributed by atoms with Crippen LogP contribution in [0.2, 0.25) is 0 Å². The number of rotatable bonds is 4. The Kier molecular flexibility index (Phi) is 5.03. The first-order chi connectivity index (χ1) is 10.4. The number of benzene rings is 1. The van der Waals surface area contributed by atoms with Crippen molar-refractivity contribution in [2.45, 2.75) is 32.9 Å². The van der Waals surface area contributed by atoms with Crippen molar-refractivity contribution in [1.82, 2.24) is 4.98 Å². The monoisotopic (exact) mass is 320 g/mol. The van der Waals surface area contributed by atoms with Crippen molar-refractivity contribution in [3.63, 3.8) is 0 Å². The Labute approximate surface area is 134 Å². The Hall–Kier alpha value is -2.08. The molecule has 118 valence electrons. The summed E-state index contributed by atoms with van der Waals surface area (Å²) in [5, 5.41) is 1.83. The number of aromatic nitrogens is 1. The van der Waals surface area contributed by atoms with Crippen LogP contribution in [0.4, 0.5) is 10.6 Å². The van der Waals surface area contributed by atoms with Gasteiger partial charge in [0.15, 0.2) is 0 Å². The maximum atomic E-state index is 12.4. The van der Waals surface area contributed by atoms with Gasteiger partial charge in [-0.3, -0.25) is 4.90 Å². The van der Waals surface area contributed by atoms with Crippen molar-refractivity contribution in [3.8, 4) is 5.75 Å². The molecule has 0 N–H and O–H groups in total. The van der Waals surface area contributed by atoms with E-state index >= 15 is 0 Å². The van der Waals surface area contributed by atoms with Gasteiger partial charge in [0.1, 0.15) is 17.2 Å². The van der Waals surface area contributed by atoms with Gasteiger partial charge in [-0.25, -0.2) is 9.78 Å². The molecule has 0 aliphatic carbocycles. The average molecular weight is 320 g/mol. The lowest BCUT2D eigenvalue weighted by molar-refractivity contribution is 0.0576. The molecule has 0 aliphatic rings. The highest BCUT2D eigenvalue weighted by atomic mass is 32.1. The fourth-order valence-corrected chi connectivity index (χ4v) is 2.35. The minimum atomic E-state index is -0.550. The van der Waals surface area contributed by atoms with Crippen LogP contribution in [0.3, 0.4) is 0 Å². The lowest BCUT2D eigenvalue weighted by Crippen LogP contribution is -2.36. The molecule has 0 atom stereocenters. The van der Waals surface area contributed by atoms with Gasteiger partial charge in [-0.15, -0.1) is 11.3 Å². The average Bonchev–Trinajstić information content (AvgIpc) is 2.97. The quantitative estimate of drug-likeness (QED) is 0.851. The first kappa shape index (κ1) is 16.3. The number of thiazole rings is 1. The van der Waals surface area contributed by atoms with Crippen LogP contribution in [0.15, 0.2) is 35.2 Å². The zero-order chi connectivity index (χ0) is 16.2. The van der Waals surface area contributed by atoms with Gasteiger partial charge >= 0.3 is 6.09 Å². The van der Waals surface area contributed by atoms with Crippen LogP contribution < -0.4 is 9.64 Å². The fourth-order valence-electron chi connectivity index (χ4n) is 1.81. The summed E-state index contributed by atoms with van der Waals surface area (Å²) >= 11 is 1.44. The smallest absolute Gasteiger partial charge is 0.416 e. The summed E-state index contributed by atoms with van der Waals surface area (Å²) in [5.41, 5.74) is 2.12. The van der Waals surface area contributed by atoms with Gasteiger partial charge in [-0.05, 0) is 38.5 Å². The predicted molar refractivity (Wildman–Crippen MR) is 87.5 cm³/mol. The third-order valence-corrected chi connectivity index (χ3v) is 3.38. The number of carbonyl (C=O) groups is 1. The molecule has 0 unspecified atom stereocenters. The Morgan fingerprint density at radius 1 is 1.27 bits per heavy atom. The maximum Gasteiger partial charge on any atom is 0.416 e. The van der Waals surface area contributed by atoms with Crippen molar-refractivity contribution in [1.29, 1.82) is 0 Å². The first-order valence-corrected chi connectivity index (χ1v) is 7.85. The van der Waals surface area contributed by atoms with E-state index in [1.807, 2.05) is 50.4 Å². The highest BCUT2D eigenvalue weighted by Crippen LogP contribution is 2.21. The second-order valence-corrected chi connectivity index (χ2v) is 6.48. The van der Waals surface area contributed by atoms with Crippen LogP contribution in [-0.2, 0) is 11.3 Å². The number of methoxy groups -OCH3 is 1. The van der Waals surface area contributed by atoms with Gasteiger partial charge in [0.05, 0.1) is 19.2 Å². The number of carbonyl (C=O) groups excluding carboxylic acids is 1. The van der Waals surface area contributed by atoms with Crippen LogP contribution in [0.1, 0.15) is 26.3 Å². The lowest BCUT2D eigenvalue weighted by Gasteiger charge is -2.26. The molecular weight excluding hydrogens is 300 g/mol. The highest BCUT2D eigenvalue weighted by molar-refractivity contribution is 7.07. The second-order valence-electron chi connectivity index (χ2n) is 5.76. The molecule has 1 aromatic heterocycles. The second kappa shape index (κ2) is 6.79. The number of ether oxygens (including phenoxy) is 2. The third kappa shape index (κ3) is 4.46. The molecule has 0 radical (unpaired) electrons. The van der Waals surface area contributed by atoms with E-state index in [2.05, 4.69) is 4.98 Å². The van der Waals surface area contributed by atoms with E-state index in [1.165, 1.54) is 16.2 Å². The topological polar surface area (TPSA) is 51.7 Å². The molecule has 1 heterocycles. The molecule has 2 aromatic rings. The fraction of sp³-hybridized carbons (Fsp3) is 0.375. The molecule has 0 saturated heterocycles. The summed E-state index contributed by atoms with van der Waals surface area (Å²) in [6.07, 6.45) is -0.408. The van der Waals surface area contributed by atoms with Crippen LogP contribution in [-0.4, -0.2) is 23.8 Å². The summed E-state index contributed by atoms with van der Waals surface area (Å²) in [5.74, 6) is 1.37. The molecule has 0 aliphatic heterocycles. The maximum absolute atomic E-state index is 12.4. The summed E-state index contributed by atoms with van der Waals surface area (Å²) in [6.45, 7) is 5.93. The SMILES string of the molecule is COc1ccc(CN(C(=O)OC(C)(C)C)c2cscn2)cc1. The molecule has 6 heteroatoms. The molecule has 1 aromatic carbocycles. The van der Waals surface area contributed by atoms with E-state index in [4.69, 9.17) is 9.47 Å². The Balaban J connectivity index is 2.19. The van der Waals surface area contributed by atoms with Crippen molar-refractivity contribution in [2.75, 3.05) is 12.0 Å². The van der Waals surface area contributed by atoms with Gasteiger partial charge in [-0.1, -0.05) is 12.1 Å². The Bertz CT molecular complexity index is 603. The molecule has 5 nitrogen and oxygen atoms in total. The van der Waals surface area contributed by atoms with Gasteiger partial charge in [0.25, 0.3) is 0 Å². The number of nitrogens with zero attached hydrogens (tertiary/aromatic N) is 2. The van der Waals surface area contributed by atoms with E-state index in [0.29, 0.717) is 12.4 Å². The Morgan fingerprint density at radius 2 is 1.95 bits per heavy atom. The van der Waals surface area contributed by atoms with Crippen molar-refractivity contribution < 1.29 is 14.3 Å². The van der Waals surface area contributed by atoms with Gasteiger partial charge < -0.3 is 9.47 Å². The van der Waals surface area contributed by atoms with E-state index in [0.717, 1.165) is 11.3 Å². The van der Waals surface area contributed by atoms with Crippen LogP contribution in [0, 0.1) is 0 Å². The van der Waals surface area contributed by atoms with Gasteiger partial charge in [0.2, 0.25) is 0 Å². The largest absolute Gasteiger partial charge is 0.497 e. The molecule has 2 rings (SSSR count). The summed E-state index contributed by atoms with van der Waals surface area (Å²) < 4.78 is 10.6. The summed E-state index contributed by atoms with van der Waals surface area (Å²) in [4.78, 5) is 18.2. The van der Waals surface area contributed by atoms with E-state index in [9.17, 15) is 4.79 Å². The normalized spacial score (nSPS) is 11.1. The lowest BCUT2D eigenvalue weighted by atomic mass is 10.2. The zero-order valence-electron chi connectivity index (χ0n) is 13.2. The first-order valence-electron chi connectivity index (χ1n) is 6.90. The van der Waals surface area contributed by atoms with Gasteiger partial charge in [0, 0.05) is 5.38 Å². The minimum absolute atomic E-state index is 0.392. The van der Waals surface area contributed by atoms with E-state index in [1.54, 1.807) is 12.6 Å². The number of anilines is 1. The summed E-state index contributed by atoms with van der Waals surface area (Å²) in [7, 11) is 1.62. The van der Waals surface area contributed by atoms with Crippen LogP contribution in [0.5, 0.6) is 5.75 Å². The number of amides is 1. The molecule has 1 amide bonds. The molecule has 0 saturated carbocycles. The zero-order valence-corrected chi connectivity index (χ0v) is 14.0. The molecule has 0 bridgehead atoms. The van der Waals surface area contributed by atoms with Gasteiger partial charge in [-0.2, -0.15) is 0 Å². The van der Waals surface area contributed by atoms with Crippen molar-refractivity contribution in [2.24, 2.45) is 0 Å². The molecular formula is C16H20N2O3S. The van der Waals surface area contributed by atoms with E-state index < -0.39 is 11.7 Å². The predicted octanol–water partition coefficient (Wildman–Crippen LogP) is 4.09. The third-order valence-electron chi connectivity index (χ3n) is 2.81. The summed E-state index contributed by atoms with van der Waals surface area (Å²) in [6, 6.07) is 7.57. The van der Waals surface area contributed by atoms with E-state index in [-0.39, 0.29) is 0 Å². The number of hydrogen-bond donors (Lipinski definition) is 0. The van der Waals surface area contributed by atoms with Crippen molar-refractivity contribution >= 4 is 23.2 Å². The van der Waals surface area contributed by atoms with Crippen LogP contribution in [0.25, 0.3) is 0 Å². The Morgan fingerprint density at radius 3 is 2.45 bits per heavy atom. The highest BCUT2D eigenvalue weighted by Gasteiger charge is 2.24. The molecule has 0 fully saturated rings. The standard InChI is InChI=1S/C16H20N2O3S/c1-16(2,3)21-15(19)18(14-10-22-11-17-14)9-12-5-7-13(20-4)8-6-12/h5-8,10-11H,9H2,1-4H3.